The molecule has 0 atom stereocenters. The molecule has 5 rings (SSSR count). The Kier molecular flexibility index (Phi) is 3.04. The Bertz CT molecular complexity index is 1300. The van der Waals surface area contributed by atoms with Gasteiger partial charge < -0.3 is 5.11 Å². The van der Waals surface area contributed by atoms with E-state index >= 15 is 0 Å². The molecule has 126 valence electrons. The third kappa shape index (κ3) is 1.96. The molecule has 0 aliphatic rings. The van der Waals surface area contributed by atoms with Crippen molar-refractivity contribution in [2.75, 3.05) is 0 Å². The van der Waals surface area contributed by atoms with Crippen molar-refractivity contribution in [2.24, 2.45) is 0 Å². The van der Waals surface area contributed by atoms with Gasteiger partial charge in [0.2, 0.25) is 0 Å². The summed E-state index contributed by atoms with van der Waals surface area (Å²) in [5.74, 6) is 0.228. The van der Waals surface area contributed by atoms with Gasteiger partial charge >= 0.3 is 0 Å². The van der Waals surface area contributed by atoms with Gasteiger partial charge in [0.15, 0.2) is 0 Å². The van der Waals surface area contributed by atoms with Crippen LogP contribution in [0.4, 0.5) is 0 Å². The van der Waals surface area contributed by atoms with E-state index in [0.717, 1.165) is 33.1 Å². The molecule has 0 unspecified atom stereocenters. The molecular weight excluding hydrogens is 322 g/mol. The van der Waals surface area contributed by atoms with Crippen LogP contribution in [-0.4, -0.2) is 19.5 Å². The number of fused-ring (bicyclic) bond motifs is 6. The van der Waals surface area contributed by atoms with Crippen molar-refractivity contribution in [1.82, 2.24) is 14.4 Å². The van der Waals surface area contributed by atoms with Crippen LogP contribution in [0, 0.1) is 13.8 Å². The van der Waals surface area contributed by atoms with Crippen LogP contribution in [0.15, 0.2) is 60.9 Å². The number of imidazole rings is 1. The number of rotatable bonds is 1. The Morgan fingerprint density at radius 2 is 1.69 bits per heavy atom. The van der Waals surface area contributed by atoms with Crippen molar-refractivity contribution in [2.45, 2.75) is 13.8 Å². The first kappa shape index (κ1) is 14.9. The zero-order chi connectivity index (χ0) is 17.8. The number of nitrogens with zero attached hydrogens (tertiary/aromatic N) is 3. The largest absolute Gasteiger partial charge is 0.508 e. The Hall–Kier alpha value is -3.40. The van der Waals surface area contributed by atoms with E-state index < -0.39 is 0 Å². The van der Waals surface area contributed by atoms with Gasteiger partial charge in [-0.2, -0.15) is 0 Å². The molecule has 0 saturated heterocycles. The van der Waals surface area contributed by atoms with Crippen LogP contribution in [0.3, 0.4) is 0 Å². The van der Waals surface area contributed by atoms with E-state index in [1.54, 1.807) is 18.3 Å². The summed E-state index contributed by atoms with van der Waals surface area (Å²) in [5, 5.41) is 11.9. The van der Waals surface area contributed by atoms with Crippen LogP contribution in [-0.2, 0) is 0 Å². The molecule has 0 fully saturated rings. The Morgan fingerprint density at radius 1 is 0.885 bits per heavy atom. The quantitative estimate of drug-likeness (QED) is 0.436. The molecule has 0 saturated carbocycles. The van der Waals surface area contributed by atoms with Crippen LogP contribution >= 0.6 is 0 Å². The first-order valence-electron chi connectivity index (χ1n) is 8.58. The van der Waals surface area contributed by atoms with E-state index in [4.69, 9.17) is 4.98 Å². The maximum atomic E-state index is 10.0. The number of aromatic hydroxyl groups is 1. The summed E-state index contributed by atoms with van der Waals surface area (Å²) >= 11 is 0. The van der Waals surface area contributed by atoms with Crippen LogP contribution < -0.4 is 0 Å². The highest BCUT2D eigenvalue weighted by atomic mass is 16.3. The minimum Gasteiger partial charge on any atom is -0.508 e. The van der Waals surface area contributed by atoms with Crippen LogP contribution in [0.25, 0.3) is 38.7 Å². The third-order valence-electron chi connectivity index (χ3n) is 5.03. The summed E-state index contributed by atoms with van der Waals surface area (Å²) in [4.78, 5) is 9.34. The molecule has 3 aromatic heterocycles. The summed E-state index contributed by atoms with van der Waals surface area (Å²) < 4.78 is 2.15. The molecule has 4 heteroatoms. The van der Waals surface area contributed by atoms with Crippen LogP contribution in [0.1, 0.15) is 11.1 Å². The van der Waals surface area contributed by atoms with E-state index in [2.05, 4.69) is 47.5 Å². The SMILES string of the molecule is Cc1cccc(C)c1-c1cnc2c3cc(O)ccc3c3ncccc3n12. The second-order valence-electron chi connectivity index (χ2n) is 6.67. The average Bonchev–Trinajstić information content (AvgIpc) is 3.07. The molecule has 26 heavy (non-hydrogen) atoms. The number of hydrogen-bond donors (Lipinski definition) is 1. The predicted molar refractivity (Wildman–Crippen MR) is 105 cm³/mol. The standard InChI is InChI=1S/C22H17N3O/c1-13-5-3-6-14(2)20(13)19-12-24-22-17-11-15(26)8-9-16(17)21-18(25(19)22)7-4-10-23-21/h3-12,26H,1-2H3. The average molecular weight is 339 g/mol. The van der Waals surface area contributed by atoms with Crippen molar-refractivity contribution < 1.29 is 5.11 Å². The van der Waals surface area contributed by atoms with Crippen LogP contribution in [0.5, 0.6) is 5.75 Å². The Morgan fingerprint density at radius 3 is 2.50 bits per heavy atom. The lowest BCUT2D eigenvalue weighted by Gasteiger charge is -2.13. The second kappa shape index (κ2) is 5.30. The monoisotopic (exact) mass is 339 g/mol. The molecule has 0 aliphatic heterocycles. The summed E-state index contributed by atoms with van der Waals surface area (Å²) in [6, 6.07) is 15.7. The second-order valence-corrected chi connectivity index (χ2v) is 6.67. The van der Waals surface area contributed by atoms with Gasteiger partial charge in [0.25, 0.3) is 0 Å². The number of aromatic nitrogens is 3. The van der Waals surface area contributed by atoms with Gasteiger partial charge in [-0.3, -0.25) is 9.38 Å². The lowest BCUT2D eigenvalue weighted by molar-refractivity contribution is 0.476. The summed E-state index contributed by atoms with van der Waals surface area (Å²) in [5.41, 5.74) is 7.38. The molecule has 4 nitrogen and oxygen atoms in total. The van der Waals surface area contributed by atoms with Crippen molar-refractivity contribution in [3.05, 3.63) is 72.1 Å². The first-order valence-corrected chi connectivity index (χ1v) is 8.58. The molecule has 0 amide bonds. The Labute approximate surface area is 150 Å². The van der Waals surface area contributed by atoms with E-state index in [1.165, 1.54) is 16.7 Å². The van der Waals surface area contributed by atoms with E-state index in [9.17, 15) is 5.11 Å². The summed E-state index contributed by atoms with van der Waals surface area (Å²) in [6.45, 7) is 4.24. The van der Waals surface area contributed by atoms with Gasteiger partial charge in [-0.15, -0.1) is 0 Å². The van der Waals surface area contributed by atoms with Gasteiger partial charge in [0.05, 0.1) is 22.9 Å². The number of pyridine rings is 2. The lowest BCUT2D eigenvalue weighted by atomic mass is 10.0. The van der Waals surface area contributed by atoms with Crippen LogP contribution in [0.2, 0.25) is 0 Å². The van der Waals surface area contributed by atoms with Gasteiger partial charge in [-0.05, 0) is 55.3 Å². The molecular formula is C22H17N3O. The fourth-order valence-corrected chi connectivity index (χ4v) is 3.89. The zero-order valence-corrected chi connectivity index (χ0v) is 14.6. The molecule has 0 spiro atoms. The molecule has 2 aromatic carbocycles. The van der Waals surface area contributed by atoms with Gasteiger partial charge in [-0.1, -0.05) is 18.2 Å². The number of benzene rings is 2. The van der Waals surface area contributed by atoms with Crippen molar-refractivity contribution in [3.8, 4) is 17.0 Å². The lowest BCUT2D eigenvalue weighted by Crippen LogP contribution is -1.97. The number of hydrogen-bond acceptors (Lipinski definition) is 3. The highest BCUT2D eigenvalue weighted by Gasteiger charge is 2.17. The minimum atomic E-state index is 0.228. The first-order chi connectivity index (χ1) is 12.6. The van der Waals surface area contributed by atoms with Crippen molar-refractivity contribution in [1.29, 1.82) is 0 Å². The molecule has 0 radical (unpaired) electrons. The Balaban J connectivity index is 2.05. The summed E-state index contributed by atoms with van der Waals surface area (Å²) in [7, 11) is 0. The zero-order valence-electron chi connectivity index (χ0n) is 14.6. The smallest absolute Gasteiger partial charge is 0.145 e. The van der Waals surface area contributed by atoms with Gasteiger partial charge in [-0.25, -0.2) is 4.98 Å². The topological polar surface area (TPSA) is 50.4 Å². The van der Waals surface area contributed by atoms with E-state index in [-0.39, 0.29) is 5.75 Å². The maximum Gasteiger partial charge on any atom is 0.145 e. The molecule has 0 aliphatic carbocycles. The normalized spacial score (nSPS) is 11.6. The number of phenols is 1. The highest BCUT2D eigenvalue weighted by Crippen LogP contribution is 2.35. The highest BCUT2D eigenvalue weighted by molar-refractivity contribution is 6.11. The van der Waals surface area contributed by atoms with E-state index in [0.29, 0.717) is 0 Å². The molecule has 3 heterocycles. The predicted octanol–water partition coefficient (Wildman–Crippen LogP) is 5.03. The van der Waals surface area contributed by atoms with Crippen molar-refractivity contribution in [3.63, 3.8) is 0 Å². The summed E-state index contributed by atoms with van der Waals surface area (Å²) in [6.07, 6.45) is 3.72. The molecule has 1 N–H and O–H groups in total. The minimum absolute atomic E-state index is 0.228. The fourth-order valence-electron chi connectivity index (χ4n) is 3.89. The number of aryl methyl sites for hydroxylation is 2. The molecule has 0 bridgehead atoms. The third-order valence-corrected chi connectivity index (χ3v) is 5.03. The fraction of sp³-hybridized carbons (Fsp3) is 0.0909. The molecule has 5 aromatic rings. The van der Waals surface area contributed by atoms with Crippen molar-refractivity contribution >= 4 is 27.5 Å². The van der Waals surface area contributed by atoms with Gasteiger partial charge in [0.1, 0.15) is 11.4 Å². The maximum absolute atomic E-state index is 10.0. The van der Waals surface area contributed by atoms with Gasteiger partial charge in [0, 0.05) is 22.5 Å². The van der Waals surface area contributed by atoms with E-state index in [1.807, 2.05) is 18.3 Å². The number of phenolic OH excluding ortho intramolecular Hbond substituents is 1.